The van der Waals surface area contributed by atoms with Crippen molar-refractivity contribution in [1.82, 2.24) is 4.72 Å². The van der Waals surface area contributed by atoms with Crippen LogP contribution in [-0.4, -0.2) is 14.3 Å². The molecule has 2 N–H and O–H groups in total. The van der Waals surface area contributed by atoms with E-state index in [1.54, 1.807) is 50.2 Å². The van der Waals surface area contributed by atoms with Gasteiger partial charge in [0.05, 0.1) is 4.90 Å². The number of anilines is 1. The molecule has 5 nitrogen and oxygen atoms in total. The molecule has 2 aromatic carbocycles. The number of halogens is 1. The summed E-state index contributed by atoms with van der Waals surface area (Å²) >= 11 is 6.01. The summed E-state index contributed by atoms with van der Waals surface area (Å²) in [6, 6.07) is 11.3. The second-order valence-electron chi connectivity index (χ2n) is 5.51. The molecule has 0 aliphatic carbocycles. The van der Waals surface area contributed by atoms with Gasteiger partial charge in [0.2, 0.25) is 15.9 Å². The summed E-state index contributed by atoms with van der Waals surface area (Å²) < 4.78 is 27.9. The highest BCUT2D eigenvalue weighted by molar-refractivity contribution is 7.89. The first kappa shape index (κ1) is 18.4. The predicted molar refractivity (Wildman–Crippen MR) is 95.7 cm³/mol. The van der Waals surface area contributed by atoms with Crippen molar-refractivity contribution < 1.29 is 13.2 Å². The van der Waals surface area contributed by atoms with Crippen molar-refractivity contribution in [3.63, 3.8) is 0 Å². The predicted octanol–water partition coefficient (Wildman–Crippen LogP) is 3.65. The highest BCUT2D eigenvalue weighted by Crippen LogP contribution is 2.25. The molecule has 1 atom stereocenters. The first-order valence-corrected chi connectivity index (χ1v) is 9.22. The molecule has 7 heteroatoms. The largest absolute Gasteiger partial charge is 0.326 e. The van der Waals surface area contributed by atoms with Gasteiger partial charge in [0.15, 0.2) is 0 Å². The fourth-order valence-electron chi connectivity index (χ4n) is 2.33. The van der Waals surface area contributed by atoms with Gasteiger partial charge in [-0.1, -0.05) is 29.8 Å². The molecular formula is C17H19ClN2O3S. The van der Waals surface area contributed by atoms with E-state index in [4.69, 9.17) is 11.6 Å². The molecule has 0 saturated carbocycles. The summed E-state index contributed by atoms with van der Waals surface area (Å²) in [5.41, 5.74) is 1.86. The van der Waals surface area contributed by atoms with Gasteiger partial charge < -0.3 is 5.32 Å². The van der Waals surface area contributed by atoms with E-state index < -0.39 is 16.1 Å². The Morgan fingerprint density at radius 3 is 2.50 bits per heavy atom. The van der Waals surface area contributed by atoms with E-state index >= 15 is 0 Å². The Labute approximate surface area is 147 Å². The molecule has 24 heavy (non-hydrogen) atoms. The van der Waals surface area contributed by atoms with Crippen LogP contribution in [0.3, 0.4) is 0 Å². The summed E-state index contributed by atoms with van der Waals surface area (Å²) in [6.45, 7) is 4.82. The lowest BCUT2D eigenvalue weighted by Crippen LogP contribution is -2.27. The minimum absolute atomic E-state index is 0.153. The number of amides is 1. The molecule has 0 aromatic heterocycles. The molecule has 2 rings (SSSR count). The maximum Gasteiger partial charge on any atom is 0.241 e. The van der Waals surface area contributed by atoms with Crippen molar-refractivity contribution in [1.29, 1.82) is 0 Å². The number of hydrogen-bond donors (Lipinski definition) is 2. The topological polar surface area (TPSA) is 75.3 Å². The molecule has 0 bridgehead atoms. The Balaban J connectivity index is 2.26. The summed E-state index contributed by atoms with van der Waals surface area (Å²) in [5.74, 6) is -0.185. The minimum atomic E-state index is -3.72. The SMILES string of the molecule is CC(=O)Nc1cccc(C(C)NS(=O)(=O)c2cccc(Cl)c2C)c1. The van der Waals surface area contributed by atoms with Crippen LogP contribution >= 0.6 is 11.6 Å². The van der Waals surface area contributed by atoms with Crippen molar-refractivity contribution in [3.05, 3.63) is 58.6 Å². The molecule has 0 spiro atoms. The van der Waals surface area contributed by atoms with Crippen molar-refractivity contribution in [2.24, 2.45) is 0 Å². The maximum absolute atomic E-state index is 12.6. The molecule has 2 aromatic rings. The van der Waals surface area contributed by atoms with Gasteiger partial charge in [0.1, 0.15) is 0 Å². The third-order valence-corrected chi connectivity index (χ3v) is 5.64. The summed E-state index contributed by atoms with van der Waals surface area (Å²) in [6.07, 6.45) is 0. The van der Waals surface area contributed by atoms with E-state index in [1.165, 1.54) is 13.0 Å². The summed E-state index contributed by atoms with van der Waals surface area (Å²) in [5, 5.41) is 3.08. The van der Waals surface area contributed by atoms with Gasteiger partial charge in [-0.25, -0.2) is 13.1 Å². The van der Waals surface area contributed by atoms with Crippen LogP contribution in [0.4, 0.5) is 5.69 Å². The monoisotopic (exact) mass is 366 g/mol. The van der Waals surface area contributed by atoms with E-state index in [9.17, 15) is 13.2 Å². The molecule has 0 aliphatic rings. The number of hydrogen-bond acceptors (Lipinski definition) is 3. The Kier molecular flexibility index (Phi) is 5.64. The molecular weight excluding hydrogens is 348 g/mol. The number of nitrogens with one attached hydrogen (secondary N) is 2. The molecule has 128 valence electrons. The average Bonchev–Trinajstić information content (AvgIpc) is 2.49. The Hall–Kier alpha value is -1.89. The van der Waals surface area contributed by atoms with Crippen LogP contribution in [0.5, 0.6) is 0 Å². The molecule has 0 radical (unpaired) electrons. The van der Waals surface area contributed by atoms with Crippen molar-refractivity contribution in [2.45, 2.75) is 31.7 Å². The number of carbonyl (C=O) groups is 1. The summed E-state index contributed by atoms with van der Waals surface area (Å²) in [4.78, 5) is 11.3. The lowest BCUT2D eigenvalue weighted by molar-refractivity contribution is -0.114. The van der Waals surface area contributed by atoms with Crippen LogP contribution in [0.2, 0.25) is 5.02 Å². The normalized spacial score (nSPS) is 12.7. The van der Waals surface area contributed by atoms with Crippen molar-refractivity contribution in [3.8, 4) is 0 Å². The maximum atomic E-state index is 12.6. The Bertz CT molecular complexity index is 866. The van der Waals surface area contributed by atoms with E-state index in [0.29, 0.717) is 16.3 Å². The van der Waals surface area contributed by atoms with Crippen molar-refractivity contribution in [2.75, 3.05) is 5.32 Å². The second-order valence-corrected chi connectivity index (χ2v) is 7.60. The minimum Gasteiger partial charge on any atom is -0.326 e. The fourth-order valence-corrected chi connectivity index (χ4v) is 4.06. The van der Waals surface area contributed by atoms with Gasteiger partial charge >= 0.3 is 0 Å². The Morgan fingerprint density at radius 1 is 1.17 bits per heavy atom. The van der Waals surface area contributed by atoms with Gasteiger partial charge in [-0.2, -0.15) is 0 Å². The number of sulfonamides is 1. The van der Waals surface area contributed by atoms with E-state index in [1.807, 2.05) is 0 Å². The smallest absolute Gasteiger partial charge is 0.241 e. The van der Waals surface area contributed by atoms with E-state index in [0.717, 1.165) is 5.56 Å². The zero-order valence-corrected chi connectivity index (χ0v) is 15.2. The average molecular weight is 367 g/mol. The third-order valence-electron chi connectivity index (χ3n) is 3.55. The van der Waals surface area contributed by atoms with Gasteiger partial charge in [-0.15, -0.1) is 0 Å². The van der Waals surface area contributed by atoms with Crippen LogP contribution in [0.25, 0.3) is 0 Å². The molecule has 0 fully saturated rings. The van der Waals surface area contributed by atoms with Crippen LogP contribution in [-0.2, 0) is 14.8 Å². The van der Waals surface area contributed by atoms with Crippen LogP contribution in [0.1, 0.15) is 31.0 Å². The first-order valence-electron chi connectivity index (χ1n) is 7.35. The lowest BCUT2D eigenvalue weighted by Gasteiger charge is -2.17. The van der Waals surface area contributed by atoms with Gasteiger partial charge in [-0.3, -0.25) is 4.79 Å². The molecule has 1 amide bonds. The van der Waals surface area contributed by atoms with E-state index in [2.05, 4.69) is 10.0 Å². The van der Waals surface area contributed by atoms with Gasteiger partial charge in [-0.05, 0) is 49.2 Å². The fraction of sp³-hybridized carbons (Fsp3) is 0.235. The van der Waals surface area contributed by atoms with Crippen molar-refractivity contribution >= 4 is 33.2 Å². The molecule has 0 saturated heterocycles. The number of benzene rings is 2. The van der Waals surface area contributed by atoms with Crippen LogP contribution in [0.15, 0.2) is 47.4 Å². The highest BCUT2D eigenvalue weighted by Gasteiger charge is 2.21. The molecule has 0 heterocycles. The first-order chi connectivity index (χ1) is 11.2. The van der Waals surface area contributed by atoms with E-state index in [-0.39, 0.29) is 10.8 Å². The molecule has 0 aliphatic heterocycles. The van der Waals surface area contributed by atoms with Gasteiger partial charge in [0.25, 0.3) is 0 Å². The van der Waals surface area contributed by atoms with Gasteiger partial charge in [0, 0.05) is 23.7 Å². The zero-order chi connectivity index (χ0) is 17.9. The van der Waals surface area contributed by atoms with Crippen LogP contribution in [0, 0.1) is 6.92 Å². The zero-order valence-electron chi connectivity index (χ0n) is 13.6. The summed E-state index contributed by atoms with van der Waals surface area (Å²) in [7, 11) is -3.72. The third kappa shape index (κ3) is 4.35. The number of carbonyl (C=O) groups excluding carboxylic acids is 1. The quantitative estimate of drug-likeness (QED) is 0.848. The standard InChI is InChI=1S/C17H19ClN2O3S/c1-11-16(18)8-5-9-17(11)24(22,23)20-12(2)14-6-4-7-15(10-14)19-13(3)21/h4-10,12,20H,1-3H3,(H,19,21). The lowest BCUT2D eigenvalue weighted by atomic mass is 10.1. The highest BCUT2D eigenvalue weighted by atomic mass is 35.5. The van der Waals surface area contributed by atoms with Crippen LogP contribution < -0.4 is 10.0 Å². The number of rotatable bonds is 5. The second kappa shape index (κ2) is 7.34. The Morgan fingerprint density at radius 2 is 1.83 bits per heavy atom. The molecule has 1 unspecified atom stereocenters.